The number of piperazine rings is 1. The minimum Gasteiger partial charge on any atom is -0.367 e. The van der Waals surface area contributed by atoms with E-state index in [4.69, 9.17) is 11.6 Å². The molecule has 1 saturated heterocycles. The molecular formula is C13H17ClN4. The van der Waals surface area contributed by atoms with Crippen LogP contribution >= 0.6 is 11.6 Å². The average molecular weight is 265 g/mol. The van der Waals surface area contributed by atoms with Crippen LogP contribution in [-0.2, 0) is 0 Å². The van der Waals surface area contributed by atoms with Crippen molar-refractivity contribution in [3.05, 3.63) is 29.3 Å². The molecule has 96 valence electrons. The van der Waals surface area contributed by atoms with Crippen molar-refractivity contribution >= 4 is 23.2 Å². The van der Waals surface area contributed by atoms with Crippen LogP contribution in [0.1, 0.15) is 0 Å². The average Bonchev–Trinajstić information content (AvgIpc) is 2.94. The molecule has 2 aliphatic heterocycles. The number of para-hydroxylation sites is 1. The third kappa shape index (κ3) is 2.25. The van der Waals surface area contributed by atoms with Crippen molar-refractivity contribution in [3.63, 3.8) is 0 Å². The molecule has 18 heavy (non-hydrogen) atoms. The summed E-state index contributed by atoms with van der Waals surface area (Å²) in [5.41, 5.74) is 1.14. The molecule has 0 amide bonds. The van der Waals surface area contributed by atoms with Crippen molar-refractivity contribution in [2.75, 3.05) is 44.2 Å². The third-order valence-electron chi connectivity index (χ3n) is 3.43. The predicted molar refractivity (Wildman–Crippen MR) is 75.5 cm³/mol. The molecule has 0 aromatic heterocycles. The fraction of sp³-hybridized carbons (Fsp3) is 0.462. The zero-order chi connectivity index (χ0) is 12.4. The molecule has 2 heterocycles. The predicted octanol–water partition coefficient (Wildman–Crippen LogP) is 1.42. The third-order valence-corrected chi connectivity index (χ3v) is 3.75. The second-order valence-electron chi connectivity index (χ2n) is 4.56. The Labute approximate surface area is 112 Å². The van der Waals surface area contributed by atoms with Gasteiger partial charge in [0.25, 0.3) is 0 Å². The number of aliphatic imine (C=N–C) groups is 1. The fourth-order valence-corrected chi connectivity index (χ4v) is 2.72. The number of rotatable bonds is 1. The maximum Gasteiger partial charge on any atom is 0.194 e. The van der Waals surface area contributed by atoms with Crippen LogP contribution < -0.4 is 10.2 Å². The minimum absolute atomic E-state index is 0.835. The molecule has 0 atom stereocenters. The lowest BCUT2D eigenvalue weighted by Crippen LogP contribution is -2.51. The Balaban J connectivity index is 1.65. The van der Waals surface area contributed by atoms with Gasteiger partial charge < -0.3 is 15.1 Å². The van der Waals surface area contributed by atoms with Crippen LogP contribution in [0.3, 0.4) is 0 Å². The first-order valence-electron chi connectivity index (χ1n) is 6.37. The van der Waals surface area contributed by atoms with Crippen molar-refractivity contribution < 1.29 is 0 Å². The first-order chi connectivity index (χ1) is 8.84. The van der Waals surface area contributed by atoms with Gasteiger partial charge in [0.1, 0.15) is 0 Å². The van der Waals surface area contributed by atoms with E-state index in [1.807, 2.05) is 18.2 Å². The maximum atomic E-state index is 6.23. The molecule has 1 aromatic rings. The fourth-order valence-electron chi connectivity index (χ4n) is 2.46. The Morgan fingerprint density at radius 3 is 2.44 bits per heavy atom. The number of benzene rings is 1. The minimum atomic E-state index is 0.835. The number of nitrogens with one attached hydrogen (secondary N) is 1. The van der Waals surface area contributed by atoms with Crippen LogP contribution in [0.4, 0.5) is 5.69 Å². The summed E-state index contributed by atoms with van der Waals surface area (Å²) in [4.78, 5) is 9.12. The van der Waals surface area contributed by atoms with Crippen LogP contribution in [0.5, 0.6) is 0 Å². The monoisotopic (exact) mass is 264 g/mol. The van der Waals surface area contributed by atoms with E-state index in [9.17, 15) is 0 Å². The molecule has 5 heteroatoms. The molecule has 0 aliphatic carbocycles. The number of hydrogen-bond donors (Lipinski definition) is 1. The van der Waals surface area contributed by atoms with Gasteiger partial charge in [-0.3, -0.25) is 4.99 Å². The molecule has 1 aromatic carbocycles. The largest absolute Gasteiger partial charge is 0.367 e. The summed E-state index contributed by atoms with van der Waals surface area (Å²) < 4.78 is 0. The Hall–Kier alpha value is -1.42. The van der Waals surface area contributed by atoms with Gasteiger partial charge in [0.05, 0.1) is 17.3 Å². The van der Waals surface area contributed by atoms with Gasteiger partial charge in [-0.25, -0.2) is 0 Å². The number of anilines is 1. The van der Waals surface area contributed by atoms with Crippen molar-refractivity contribution in [1.82, 2.24) is 10.2 Å². The Morgan fingerprint density at radius 1 is 1.06 bits per heavy atom. The van der Waals surface area contributed by atoms with E-state index in [0.29, 0.717) is 0 Å². The molecule has 0 radical (unpaired) electrons. The Bertz CT molecular complexity index is 452. The first kappa shape index (κ1) is 11.7. The molecular weight excluding hydrogens is 248 g/mol. The van der Waals surface area contributed by atoms with Crippen LogP contribution in [-0.4, -0.2) is 50.1 Å². The highest BCUT2D eigenvalue weighted by Crippen LogP contribution is 2.25. The molecule has 0 bridgehead atoms. The lowest BCUT2D eigenvalue weighted by atomic mass is 10.2. The Kier molecular flexibility index (Phi) is 3.28. The highest BCUT2D eigenvalue weighted by molar-refractivity contribution is 6.33. The first-order valence-corrected chi connectivity index (χ1v) is 6.75. The van der Waals surface area contributed by atoms with Crippen LogP contribution in [0.25, 0.3) is 0 Å². The van der Waals surface area contributed by atoms with Crippen molar-refractivity contribution in [2.24, 2.45) is 4.99 Å². The molecule has 0 spiro atoms. The molecule has 0 saturated carbocycles. The lowest BCUT2D eigenvalue weighted by Gasteiger charge is -2.37. The number of nitrogens with zero attached hydrogens (tertiary/aromatic N) is 3. The van der Waals surface area contributed by atoms with Crippen molar-refractivity contribution in [2.45, 2.75) is 0 Å². The van der Waals surface area contributed by atoms with Crippen LogP contribution in [0.2, 0.25) is 5.02 Å². The SMILES string of the molecule is Clc1ccccc1N1CCN(C2=NCCN2)CC1. The molecule has 4 nitrogen and oxygen atoms in total. The summed E-state index contributed by atoms with van der Waals surface area (Å²) in [7, 11) is 0. The normalized spacial score (nSPS) is 19.7. The smallest absolute Gasteiger partial charge is 0.194 e. The summed E-state index contributed by atoms with van der Waals surface area (Å²) in [5.74, 6) is 1.06. The lowest BCUT2D eigenvalue weighted by molar-refractivity contribution is 0.377. The summed E-state index contributed by atoms with van der Waals surface area (Å²) in [6.45, 7) is 5.85. The second kappa shape index (κ2) is 5.06. The molecule has 1 N–H and O–H groups in total. The summed E-state index contributed by atoms with van der Waals surface area (Å²) in [5, 5.41) is 4.16. The van der Waals surface area contributed by atoms with E-state index in [1.165, 1.54) is 0 Å². The highest BCUT2D eigenvalue weighted by Gasteiger charge is 2.22. The summed E-state index contributed by atoms with van der Waals surface area (Å²) in [6, 6.07) is 8.05. The molecule has 1 fully saturated rings. The van der Waals surface area contributed by atoms with E-state index < -0.39 is 0 Å². The van der Waals surface area contributed by atoms with Gasteiger partial charge in [-0.15, -0.1) is 0 Å². The van der Waals surface area contributed by atoms with Crippen molar-refractivity contribution in [3.8, 4) is 0 Å². The van der Waals surface area contributed by atoms with Gasteiger partial charge >= 0.3 is 0 Å². The quantitative estimate of drug-likeness (QED) is 0.832. The van der Waals surface area contributed by atoms with E-state index in [0.717, 1.165) is 55.9 Å². The second-order valence-corrected chi connectivity index (χ2v) is 4.96. The molecule has 0 unspecified atom stereocenters. The van der Waals surface area contributed by atoms with Gasteiger partial charge in [-0.2, -0.15) is 0 Å². The summed E-state index contributed by atoms with van der Waals surface area (Å²) >= 11 is 6.23. The van der Waals surface area contributed by atoms with E-state index in [1.54, 1.807) is 0 Å². The van der Waals surface area contributed by atoms with Gasteiger partial charge in [-0.1, -0.05) is 23.7 Å². The van der Waals surface area contributed by atoms with Gasteiger partial charge in [0, 0.05) is 32.7 Å². The highest BCUT2D eigenvalue weighted by atomic mass is 35.5. The Morgan fingerprint density at radius 2 is 1.78 bits per heavy atom. The topological polar surface area (TPSA) is 30.9 Å². The zero-order valence-corrected chi connectivity index (χ0v) is 11.0. The van der Waals surface area contributed by atoms with E-state index in [-0.39, 0.29) is 0 Å². The van der Waals surface area contributed by atoms with Gasteiger partial charge in [0.15, 0.2) is 5.96 Å². The standard InChI is InChI=1S/C13H17ClN4/c14-11-3-1-2-4-12(11)17-7-9-18(10-8-17)13-15-5-6-16-13/h1-4H,5-10H2,(H,15,16). The van der Waals surface area contributed by atoms with E-state index >= 15 is 0 Å². The maximum absolute atomic E-state index is 6.23. The molecule has 3 rings (SSSR count). The zero-order valence-electron chi connectivity index (χ0n) is 10.3. The van der Waals surface area contributed by atoms with Gasteiger partial charge in [-0.05, 0) is 12.1 Å². The number of guanidine groups is 1. The molecule has 2 aliphatic rings. The number of halogens is 1. The van der Waals surface area contributed by atoms with Crippen LogP contribution in [0, 0.1) is 0 Å². The number of hydrogen-bond acceptors (Lipinski definition) is 4. The van der Waals surface area contributed by atoms with Crippen molar-refractivity contribution in [1.29, 1.82) is 0 Å². The van der Waals surface area contributed by atoms with E-state index in [2.05, 4.69) is 26.2 Å². The van der Waals surface area contributed by atoms with Crippen LogP contribution in [0.15, 0.2) is 29.3 Å². The summed E-state index contributed by atoms with van der Waals surface area (Å²) in [6.07, 6.45) is 0. The van der Waals surface area contributed by atoms with Gasteiger partial charge in [0.2, 0.25) is 0 Å².